The number of fused-ring (bicyclic) bond motifs is 1. The van der Waals surface area contributed by atoms with Gasteiger partial charge < -0.3 is 20.5 Å². The summed E-state index contributed by atoms with van der Waals surface area (Å²) >= 11 is 0. The Morgan fingerprint density at radius 1 is 1.23 bits per heavy atom. The van der Waals surface area contributed by atoms with Crippen LogP contribution in [0.4, 0.5) is 0 Å². The quantitative estimate of drug-likeness (QED) is 0.431. The van der Waals surface area contributed by atoms with E-state index in [1.807, 2.05) is 37.4 Å². The van der Waals surface area contributed by atoms with Gasteiger partial charge in [-0.3, -0.25) is 4.79 Å². The second-order valence-corrected chi connectivity index (χ2v) is 6.04. The van der Waals surface area contributed by atoms with Gasteiger partial charge in [-0.15, -0.1) is 0 Å². The Bertz CT molecular complexity index is 981. The molecule has 1 heterocycles. The standard InChI is InChI=1S/C21H20N2O3/c1-14(18-13-22-19-10-3-2-9-17(18)19)20(25)23-21(26)16-8-4-6-15(12-16)7-5-11-24/h2-4,6,8-10,12-14,20,22,24-25H,11H2,1H3,(H,23,26)/t14-,20?/m1/s1. The van der Waals surface area contributed by atoms with Crippen molar-refractivity contribution in [2.75, 3.05) is 6.61 Å². The molecule has 0 radical (unpaired) electrons. The molecule has 132 valence electrons. The molecule has 1 aromatic heterocycles. The highest BCUT2D eigenvalue weighted by Gasteiger charge is 2.21. The lowest BCUT2D eigenvalue weighted by Gasteiger charge is -2.20. The smallest absolute Gasteiger partial charge is 0.253 e. The molecule has 1 amide bonds. The average Bonchev–Trinajstić information content (AvgIpc) is 3.10. The third kappa shape index (κ3) is 3.77. The van der Waals surface area contributed by atoms with Crippen LogP contribution in [0.25, 0.3) is 10.9 Å². The number of hydrogen-bond donors (Lipinski definition) is 4. The van der Waals surface area contributed by atoms with E-state index in [2.05, 4.69) is 22.1 Å². The molecule has 1 unspecified atom stereocenters. The summed E-state index contributed by atoms with van der Waals surface area (Å²) < 4.78 is 0. The van der Waals surface area contributed by atoms with Gasteiger partial charge in [0, 0.05) is 34.1 Å². The maximum absolute atomic E-state index is 12.4. The number of aromatic nitrogens is 1. The maximum Gasteiger partial charge on any atom is 0.253 e. The Morgan fingerprint density at radius 2 is 2.04 bits per heavy atom. The number of amides is 1. The number of aliphatic hydroxyl groups excluding tert-OH is 2. The van der Waals surface area contributed by atoms with Gasteiger partial charge in [-0.1, -0.05) is 43.0 Å². The molecule has 2 aromatic carbocycles. The van der Waals surface area contributed by atoms with Crippen molar-refractivity contribution in [1.82, 2.24) is 10.3 Å². The number of nitrogens with one attached hydrogen (secondary N) is 2. The van der Waals surface area contributed by atoms with E-state index < -0.39 is 6.23 Å². The minimum atomic E-state index is -1.03. The molecule has 0 spiro atoms. The van der Waals surface area contributed by atoms with Crippen molar-refractivity contribution in [3.05, 3.63) is 71.4 Å². The van der Waals surface area contributed by atoms with Crippen LogP contribution in [0.3, 0.4) is 0 Å². The fourth-order valence-electron chi connectivity index (χ4n) is 2.86. The first-order chi connectivity index (χ1) is 12.6. The number of carbonyl (C=O) groups is 1. The summed E-state index contributed by atoms with van der Waals surface area (Å²) in [7, 11) is 0. The molecule has 4 N–H and O–H groups in total. The fourth-order valence-corrected chi connectivity index (χ4v) is 2.86. The van der Waals surface area contributed by atoms with Gasteiger partial charge in [0.15, 0.2) is 0 Å². The maximum atomic E-state index is 12.4. The largest absolute Gasteiger partial charge is 0.384 e. The normalized spacial score (nSPS) is 12.9. The fraction of sp³-hybridized carbons (Fsp3) is 0.190. The van der Waals surface area contributed by atoms with Crippen molar-refractivity contribution in [3.8, 4) is 11.8 Å². The van der Waals surface area contributed by atoms with Crippen LogP contribution in [0.5, 0.6) is 0 Å². The van der Waals surface area contributed by atoms with Crippen molar-refractivity contribution in [3.63, 3.8) is 0 Å². The molecule has 3 aromatic rings. The summed E-state index contributed by atoms with van der Waals surface area (Å²) in [6.45, 7) is 1.63. The molecule has 0 saturated carbocycles. The van der Waals surface area contributed by atoms with Gasteiger partial charge in [-0.05, 0) is 29.8 Å². The van der Waals surface area contributed by atoms with E-state index >= 15 is 0 Å². The van der Waals surface area contributed by atoms with Crippen molar-refractivity contribution < 1.29 is 15.0 Å². The third-order valence-electron chi connectivity index (χ3n) is 4.30. The van der Waals surface area contributed by atoms with Gasteiger partial charge in [0.05, 0.1) is 0 Å². The second-order valence-electron chi connectivity index (χ2n) is 6.04. The zero-order chi connectivity index (χ0) is 18.5. The van der Waals surface area contributed by atoms with Crippen LogP contribution < -0.4 is 5.32 Å². The number of hydrogen-bond acceptors (Lipinski definition) is 3. The molecule has 0 aliphatic carbocycles. The predicted molar refractivity (Wildman–Crippen MR) is 101 cm³/mol. The highest BCUT2D eigenvalue weighted by Crippen LogP contribution is 2.27. The SMILES string of the molecule is C[C@H](c1c[nH]c2ccccc12)C(O)NC(=O)c1cccc(C#CCO)c1. The first-order valence-electron chi connectivity index (χ1n) is 8.35. The lowest BCUT2D eigenvalue weighted by molar-refractivity contribution is 0.0728. The average molecular weight is 348 g/mol. The summed E-state index contributed by atoms with van der Waals surface area (Å²) in [6, 6.07) is 14.6. The highest BCUT2D eigenvalue weighted by molar-refractivity contribution is 5.94. The van der Waals surface area contributed by atoms with Crippen LogP contribution in [-0.4, -0.2) is 33.9 Å². The molecule has 0 saturated heterocycles. The van der Waals surface area contributed by atoms with E-state index in [9.17, 15) is 9.90 Å². The van der Waals surface area contributed by atoms with Gasteiger partial charge in [-0.2, -0.15) is 0 Å². The third-order valence-corrected chi connectivity index (χ3v) is 4.30. The number of carbonyl (C=O) groups excluding carboxylic acids is 1. The summed E-state index contributed by atoms with van der Waals surface area (Å²) in [5.41, 5.74) is 2.96. The predicted octanol–water partition coefficient (Wildman–Crippen LogP) is 2.36. The first kappa shape index (κ1) is 17.7. The zero-order valence-electron chi connectivity index (χ0n) is 14.4. The molecule has 0 aliphatic rings. The summed E-state index contributed by atoms with van der Waals surface area (Å²) in [4.78, 5) is 15.6. The molecule has 26 heavy (non-hydrogen) atoms. The number of para-hydroxylation sites is 1. The second kappa shape index (κ2) is 7.87. The van der Waals surface area contributed by atoms with Gasteiger partial charge in [0.25, 0.3) is 5.91 Å². The molecule has 3 rings (SSSR count). The molecule has 0 fully saturated rings. The molecular weight excluding hydrogens is 328 g/mol. The van der Waals surface area contributed by atoms with Gasteiger partial charge in [0.1, 0.15) is 12.8 Å². The summed E-state index contributed by atoms with van der Waals surface area (Å²) in [5, 5.41) is 22.9. The number of aromatic amines is 1. The van der Waals surface area contributed by atoms with Crippen LogP contribution in [0.1, 0.15) is 34.3 Å². The summed E-state index contributed by atoms with van der Waals surface area (Å²) in [5.74, 6) is 4.65. The van der Waals surface area contributed by atoms with Crippen LogP contribution in [0, 0.1) is 11.8 Å². The highest BCUT2D eigenvalue weighted by atomic mass is 16.3. The molecule has 0 aliphatic heterocycles. The van der Waals surface area contributed by atoms with Gasteiger partial charge >= 0.3 is 0 Å². The minimum absolute atomic E-state index is 0.239. The Balaban J connectivity index is 1.75. The number of rotatable bonds is 4. The van der Waals surface area contributed by atoms with Crippen molar-refractivity contribution in [1.29, 1.82) is 0 Å². The van der Waals surface area contributed by atoms with E-state index in [1.54, 1.807) is 24.3 Å². The summed E-state index contributed by atoms with van der Waals surface area (Å²) in [6.07, 6.45) is 0.824. The number of aliphatic hydroxyl groups is 2. The van der Waals surface area contributed by atoms with E-state index in [1.165, 1.54) is 0 Å². The van der Waals surface area contributed by atoms with Crippen LogP contribution >= 0.6 is 0 Å². The Morgan fingerprint density at radius 3 is 2.85 bits per heavy atom. The van der Waals surface area contributed by atoms with Crippen LogP contribution in [-0.2, 0) is 0 Å². The topological polar surface area (TPSA) is 85.4 Å². The lowest BCUT2D eigenvalue weighted by Crippen LogP contribution is -2.38. The minimum Gasteiger partial charge on any atom is -0.384 e. The van der Waals surface area contributed by atoms with Gasteiger partial charge in [0.2, 0.25) is 0 Å². The van der Waals surface area contributed by atoms with E-state index in [0.717, 1.165) is 16.5 Å². The molecular formula is C21H20N2O3. The Hall–Kier alpha value is -3.07. The van der Waals surface area contributed by atoms with E-state index in [0.29, 0.717) is 11.1 Å². The first-order valence-corrected chi connectivity index (χ1v) is 8.35. The monoisotopic (exact) mass is 348 g/mol. The lowest BCUT2D eigenvalue weighted by atomic mass is 9.98. The van der Waals surface area contributed by atoms with Crippen molar-refractivity contribution in [2.24, 2.45) is 0 Å². The molecule has 5 nitrogen and oxygen atoms in total. The molecule has 0 bridgehead atoms. The Labute approximate surface area is 151 Å². The van der Waals surface area contributed by atoms with Crippen LogP contribution in [0.15, 0.2) is 54.7 Å². The number of H-pyrrole nitrogens is 1. The van der Waals surface area contributed by atoms with Crippen molar-refractivity contribution in [2.45, 2.75) is 19.1 Å². The molecule has 2 atom stereocenters. The van der Waals surface area contributed by atoms with E-state index in [-0.39, 0.29) is 18.4 Å². The van der Waals surface area contributed by atoms with E-state index in [4.69, 9.17) is 5.11 Å². The van der Waals surface area contributed by atoms with Gasteiger partial charge in [-0.25, -0.2) is 0 Å². The number of benzene rings is 2. The Kier molecular flexibility index (Phi) is 5.37. The van der Waals surface area contributed by atoms with Crippen LogP contribution in [0.2, 0.25) is 0 Å². The molecule has 5 heteroatoms. The zero-order valence-corrected chi connectivity index (χ0v) is 14.4. The van der Waals surface area contributed by atoms with Crippen molar-refractivity contribution >= 4 is 16.8 Å².